The average Bonchev–Trinajstić information content (AvgIpc) is 2.18. The summed E-state index contributed by atoms with van der Waals surface area (Å²) in [7, 11) is 0. The van der Waals surface area contributed by atoms with Crippen LogP contribution in [-0.2, 0) is 20.8 Å². The van der Waals surface area contributed by atoms with Crippen molar-refractivity contribution in [3.8, 4) is 0 Å². The van der Waals surface area contributed by atoms with E-state index in [0.717, 1.165) is 6.42 Å². The Morgan fingerprint density at radius 1 is 1.71 bits per heavy atom. The minimum absolute atomic E-state index is 0.259. The Kier molecular flexibility index (Phi) is 4.50. The SMILES string of the molecule is CCOC(=O)C1CCCN(S(=O)[O-])C1. The molecule has 0 aromatic carbocycles. The highest BCUT2D eigenvalue weighted by molar-refractivity contribution is 7.76. The van der Waals surface area contributed by atoms with E-state index in [1.165, 1.54) is 4.31 Å². The number of ether oxygens (including phenoxy) is 1. The van der Waals surface area contributed by atoms with Crippen molar-refractivity contribution in [3.05, 3.63) is 0 Å². The molecule has 2 unspecified atom stereocenters. The van der Waals surface area contributed by atoms with E-state index in [1.54, 1.807) is 6.92 Å². The van der Waals surface area contributed by atoms with Crippen LogP contribution in [0.25, 0.3) is 0 Å². The van der Waals surface area contributed by atoms with Gasteiger partial charge in [-0.2, -0.15) is 0 Å². The van der Waals surface area contributed by atoms with Crippen molar-refractivity contribution in [2.24, 2.45) is 5.92 Å². The monoisotopic (exact) mass is 220 g/mol. The van der Waals surface area contributed by atoms with Crippen LogP contribution in [0.15, 0.2) is 0 Å². The first-order valence-electron chi connectivity index (χ1n) is 4.66. The van der Waals surface area contributed by atoms with E-state index < -0.39 is 11.3 Å². The predicted octanol–water partition coefficient (Wildman–Crippen LogP) is 0.0556. The maximum absolute atomic E-state index is 11.3. The van der Waals surface area contributed by atoms with Crippen LogP contribution in [0.1, 0.15) is 19.8 Å². The average molecular weight is 220 g/mol. The van der Waals surface area contributed by atoms with Crippen molar-refractivity contribution in [2.75, 3.05) is 19.7 Å². The standard InChI is InChI=1S/C8H15NO4S/c1-2-13-8(10)7-4-3-5-9(6-7)14(11)12/h7H,2-6H2,1H3,(H,11,12)/p-1. The van der Waals surface area contributed by atoms with Crippen LogP contribution in [0, 0.1) is 5.92 Å². The van der Waals surface area contributed by atoms with Gasteiger partial charge >= 0.3 is 5.97 Å². The van der Waals surface area contributed by atoms with Gasteiger partial charge in [0, 0.05) is 24.4 Å². The molecule has 0 amide bonds. The first-order valence-corrected chi connectivity index (χ1v) is 5.69. The number of hydrogen-bond acceptors (Lipinski definition) is 4. The topological polar surface area (TPSA) is 69.7 Å². The van der Waals surface area contributed by atoms with Gasteiger partial charge in [0.05, 0.1) is 12.5 Å². The van der Waals surface area contributed by atoms with E-state index in [1.807, 2.05) is 0 Å². The lowest BCUT2D eigenvalue weighted by atomic mass is 10.0. The lowest BCUT2D eigenvalue weighted by Crippen LogP contribution is -2.40. The predicted molar refractivity (Wildman–Crippen MR) is 49.8 cm³/mol. The van der Waals surface area contributed by atoms with Crippen molar-refractivity contribution in [2.45, 2.75) is 19.8 Å². The smallest absolute Gasteiger partial charge is 0.310 e. The second-order valence-corrected chi connectivity index (χ2v) is 4.15. The van der Waals surface area contributed by atoms with Crippen LogP contribution in [-0.4, -0.2) is 38.7 Å². The van der Waals surface area contributed by atoms with Crippen LogP contribution >= 0.6 is 0 Å². The van der Waals surface area contributed by atoms with Crippen molar-refractivity contribution in [1.82, 2.24) is 4.31 Å². The van der Waals surface area contributed by atoms with E-state index in [9.17, 15) is 13.6 Å². The number of carbonyl (C=O) groups excluding carboxylic acids is 1. The largest absolute Gasteiger partial charge is 0.760 e. The van der Waals surface area contributed by atoms with Gasteiger partial charge in [0.25, 0.3) is 0 Å². The molecular weight excluding hydrogens is 206 g/mol. The molecule has 0 saturated carbocycles. The van der Waals surface area contributed by atoms with Crippen LogP contribution in [0.3, 0.4) is 0 Å². The number of hydrogen-bond donors (Lipinski definition) is 0. The van der Waals surface area contributed by atoms with Crippen LogP contribution < -0.4 is 0 Å². The Morgan fingerprint density at radius 2 is 2.43 bits per heavy atom. The maximum atomic E-state index is 11.3. The highest BCUT2D eigenvalue weighted by Gasteiger charge is 2.26. The Morgan fingerprint density at radius 3 is 3.00 bits per heavy atom. The van der Waals surface area contributed by atoms with Gasteiger partial charge in [0.15, 0.2) is 0 Å². The lowest BCUT2D eigenvalue weighted by Gasteiger charge is -2.32. The van der Waals surface area contributed by atoms with Crippen LogP contribution in [0.2, 0.25) is 0 Å². The third-order valence-corrected chi connectivity index (χ3v) is 2.97. The van der Waals surface area contributed by atoms with Crippen molar-refractivity contribution < 1.29 is 18.3 Å². The molecule has 5 nitrogen and oxygen atoms in total. The summed E-state index contributed by atoms with van der Waals surface area (Å²) in [4.78, 5) is 11.3. The molecular formula is C8H14NO4S-. The summed E-state index contributed by atoms with van der Waals surface area (Å²) in [5.41, 5.74) is 0. The minimum atomic E-state index is -2.22. The van der Waals surface area contributed by atoms with Crippen molar-refractivity contribution >= 4 is 17.2 Å². The molecule has 1 fully saturated rings. The quantitative estimate of drug-likeness (QED) is 0.498. The second-order valence-electron chi connectivity index (χ2n) is 3.20. The van der Waals surface area contributed by atoms with Gasteiger partial charge < -0.3 is 9.29 Å². The Labute approximate surface area is 85.8 Å². The zero-order valence-electron chi connectivity index (χ0n) is 8.10. The van der Waals surface area contributed by atoms with Gasteiger partial charge in [0.1, 0.15) is 0 Å². The first-order chi connectivity index (χ1) is 6.65. The fourth-order valence-corrected chi connectivity index (χ4v) is 2.11. The molecule has 0 aromatic rings. The summed E-state index contributed by atoms with van der Waals surface area (Å²) in [5, 5.41) is 0. The third kappa shape index (κ3) is 3.04. The molecule has 14 heavy (non-hydrogen) atoms. The zero-order chi connectivity index (χ0) is 10.6. The van der Waals surface area contributed by atoms with E-state index in [0.29, 0.717) is 19.6 Å². The van der Waals surface area contributed by atoms with Crippen LogP contribution in [0.4, 0.5) is 0 Å². The summed E-state index contributed by atoms with van der Waals surface area (Å²) < 4.78 is 27.4. The molecule has 0 aromatic heterocycles. The molecule has 1 rings (SSSR count). The molecule has 1 aliphatic heterocycles. The molecule has 1 aliphatic rings. The Hall–Kier alpha value is -0.460. The maximum Gasteiger partial charge on any atom is 0.310 e. The number of carbonyl (C=O) groups is 1. The minimum Gasteiger partial charge on any atom is -0.760 e. The van der Waals surface area contributed by atoms with Gasteiger partial charge in [-0.05, 0) is 19.8 Å². The molecule has 2 atom stereocenters. The van der Waals surface area contributed by atoms with Crippen molar-refractivity contribution in [3.63, 3.8) is 0 Å². The van der Waals surface area contributed by atoms with E-state index >= 15 is 0 Å². The van der Waals surface area contributed by atoms with Gasteiger partial charge in [-0.15, -0.1) is 0 Å². The first kappa shape index (κ1) is 11.6. The fraction of sp³-hybridized carbons (Fsp3) is 0.875. The Balaban J connectivity index is 2.47. The third-order valence-electron chi connectivity index (χ3n) is 2.21. The summed E-state index contributed by atoms with van der Waals surface area (Å²) >= 11 is -2.22. The van der Waals surface area contributed by atoms with Gasteiger partial charge in [-0.1, -0.05) is 0 Å². The molecule has 1 saturated heterocycles. The molecule has 0 aliphatic carbocycles. The van der Waals surface area contributed by atoms with Gasteiger partial charge in [0.2, 0.25) is 0 Å². The van der Waals surface area contributed by atoms with Crippen molar-refractivity contribution in [1.29, 1.82) is 0 Å². The molecule has 0 radical (unpaired) electrons. The fourth-order valence-electron chi connectivity index (χ4n) is 1.53. The Bertz CT molecular complexity index is 233. The second kappa shape index (κ2) is 5.43. The molecule has 0 bridgehead atoms. The highest BCUT2D eigenvalue weighted by atomic mass is 32.2. The van der Waals surface area contributed by atoms with Crippen LogP contribution in [0.5, 0.6) is 0 Å². The number of esters is 1. The van der Waals surface area contributed by atoms with E-state index in [2.05, 4.69) is 0 Å². The molecule has 1 heterocycles. The lowest BCUT2D eigenvalue weighted by molar-refractivity contribution is -0.149. The zero-order valence-corrected chi connectivity index (χ0v) is 8.92. The molecule has 6 heteroatoms. The summed E-state index contributed by atoms with van der Waals surface area (Å²) in [5.74, 6) is -0.579. The van der Waals surface area contributed by atoms with E-state index in [-0.39, 0.29) is 18.4 Å². The molecule has 0 spiro atoms. The van der Waals surface area contributed by atoms with Gasteiger partial charge in [-0.3, -0.25) is 9.00 Å². The molecule has 82 valence electrons. The summed E-state index contributed by atoms with van der Waals surface area (Å²) in [6, 6.07) is 0. The number of piperidine rings is 1. The highest BCUT2D eigenvalue weighted by Crippen LogP contribution is 2.18. The van der Waals surface area contributed by atoms with Gasteiger partial charge in [-0.25, -0.2) is 4.31 Å². The summed E-state index contributed by atoms with van der Waals surface area (Å²) in [6.07, 6.45) is 1.43. The molecule has 0 N–H and O–H groups in total. The summed E-state index contributed by atoms with van der Waals surface area (Å²) in [6.45, 7) is 2.85. The number of nitrogens with zero attached hydrogens (tertiary/aromatic N) is 1. The normalized spacial score (nSPS) is 25.7. The van der Waals surface area contributed by atoms with E-state index in [4.69, 9.17) is 4.74 Å². The number of rotatable bonds is 3.